The average Bonchev–Trinajstić information content (AvgIpc) is 3.43. The van der Waals surface area contributed by atoms with Gasteiger partial charge in [-0.2, -0.15) is 4.99 Å². The SMILES string of the molecule is O=C(CC1SC(N2CCCCC2)=NC1=O)Nc1ccc(C(=O)NC2CCc3ccccc32)cc1. The Morgan fingerprint density at radius 1 is 1.03 bits per heavy atom. The predicted octanol–water partition coefficient (Wildman–Crippen LogP) is 3.92. The van der Waals surface area contributed by atoms with Gasteiger partial charge in [0.05, 0.1) is 6.04 Å². The fraction of sp³-hybridized carbons (Fsp3) is 0.385. The third-order valence-corrected chi connectivity index (χ3v) is 7.81. The summed E-state index contributed by atoms with van der Waals surface area (Å²) >= 11 is 1.39. The molecule has 2 atom stereocenters. The Bertz CT molecular complexity index is 1130. The van der Waals surface area contributed by atoms with Crippen molar-refractivity contribution in [1.29, 1.82) is 0 Å². The summed E-state index contributed by atoms with van der Waals surface area (Å²) in [5.41, 5.74) is 3.62. The largest absolute Gasteiger partial charge is 0.351 e. The van der Waals surface area contributed by atoms with Crippen LogP contribution in [0, 0.1) is 0 Å². The number of likely N-dealkylation sites (tertiary alicyclic amines) is 1. The number of aryl methyl sites for hydroxylation is 1. The van der Waals surface area contributed by atoms with Gasteiger partial charge in [-0.1, -0.05) is 36.0 Å². The number of piperidine rings is 1. The van der Waals surface area contributed by atoms with E-state index in [0.717, 1.165) is 43.9 Å². The summed E-state index contributed by atoms with van der Waals surface area (Å²) in [5, 5.41) is 6.22. The number of nitrogens with one attached hydrogen (secondary N) is 2. The Labute approximate surface area is 203 Å². The molecule has 0 spiro atoms. The number of anilines is 1. The van der Waals surface area contributed by atoms with Crippen molar-refractivity contribution >= 4 is 40.3 Å². The predicted molar refractivity (Wildman–Crippen MR) is 134 cm³/mol. The fourth-order valence-electron chi connectivity index (χ4n) is 4.76. The van der Waals surface area contributed by atoms with E-state index in [4.69, 9.17) is 0 Å². The first kappa shape index (κ1) is 22.7. The molecule has 176 valence electrons. The highest BCUT2D eigenvalue weighted by molar-refractivity contribution is 8.15. The molecular formula is C26H28N4O3S. The summed E-state index contributed by atoms with van der Waals surface area (Å²) in [4.78, 5) is 43.9. The van der Waals surface area contributed by atoms with Crippen LogP contribution < -0.4 is 10.6 Å². The Kier molecular flexibility index (Phi) is 6.67. The smallest absolute Gasteiger partial charge is 0.262 e. The molecule has 2 unspecified atom stereocenters. The Hall–Kier alpha value is -3.13. The van der Waals surface area contributed by atoms with Gasteiger partial charge in [0.2, 0.25) is 5.91 Å². The molecule has 3 aliphatic rings. The van der Waals surface area contributed by atoms with Crippen LogP contribution in [-0.2, 0) is 16.0 Å². The van der Waals surface area contributed by atoms with Crippen molar-refractivity contribution in [3.05, 3.63) is 65.2 Å². The van der Waals surface area contributed by atoms with Gasteiger partial charge in [0.1, 0.15) is 5.25 Å². The topological polar surface area (TPSA) is 90.9 Å². The summed E-state index contributed by atoms with van der Waals surface area (Å²) in [6, 6.07) is 15.1. The molecule has 5 rings (SSSR count). The number of thioether (sulfide) groups is 1. The van der Waals surface area contributed by atoms with E-state index in [2.05, 4.69) is 32.7 Å². The monoisotopic (exact) mass is 476 g/mol. The number of hydrogen-bond acceptors (Lipinski definition) is 5. The Balaban J connectivity index is 1.12. The molecule has 2 aliphatic heterocycles. The molecular weight excluding hydrogens is 448 g/mol. The summed E-state index contributed by atoms with van der Waals surface area (Å²) in [6.45, 7) is 1.84. The van der Waals surface area contributed by atoms with Gasteiger partial charge in [-0.15, -0.1) is 0 Å². The quantitative estimate of drug-likeness (QED) is 0.683. The van der Waals surface area contributed by atoms with E-state index in [1.807, 2.05) is 12.1 Å². The lowest BCUT2D eigenvalue weighted by Gasteiger charge is -2.27. The van der Waals surface area contributed by atoms with Crippen LogP contribution >= 0.6 is 11.8 Å². The van der Waals surface area contributed by atoms with Crippen molar-refractivity contribution in [1.82, 2.24) is 10.2 Å². The molecule has 2 heterocycles. The molecule has 3 amide bonds. The van der Waals surface area contributed by atoms with Crippen LogP contribution in [0.25, 0.3) is 0 Å². The number of rotatable bonds is 5. The summed E-state index contributed by atoms with van der Waals surface area (Å²) in [5.74, 6) is -0.600. The summed E-state index contributed by atoms with van der Waals surface area (Å²) in [7, 11) is 0. The Morgan fingerprint density at radius 2 is 1.79 bits per heavy atom. The van der Waals surface area contributed by atoms with Crippen molar-refractivity contribution in [2.24, 2.45) is 4.99 Å². The van der Waals surface area contributed by atoms with E-state index in [1.165, 1.54) is 29.3 Å². The molecule has 1 saturated heterocycles. The van der Waals surface area contributed by atoms with E-state index in [9.17, 15) is 14.4 Å². The summed E-state index contributed by atoms with van der Waals surface area (Å²) < 4.78 is 0. The number of carbonyl (C=O) groups excluding carboxylic acids is 3. The molecule has 0 saturated carbocycles. The van der Waals surface area contributed by atoms with Gasteiger partial charge in [-0.05, 0) is 67.5 Å². The highest BCUT2D eigenvalue weighted by atomic mass is 32.2. The second-order valence-corrected chi connectivity index (χ2v) is 10.1. The van der Waals surface area contributed by atoms with E-state index < -0.39 is 5.25 Å². The molecule has 0 bridgehead atoms. The Morgan fingerprint density at radius 3 is 2.59 bits per heavy atom. The highest BCUT2D eigenvalue weighted by Crippen LogP contribution is 2.31. The van der Waals surface area contributed by atoms with Crippen molar-refractivity contribution in [2.75, 3.05) is 18.4 Å². The standard InChI is InChI=1S/C26H28N4O3S/c31-23(16-22-25(33)29-26(34-22)30-14-4-1-5-15-30)27-19-11-8-18(9-12-19)24(32)28-21-13-10-17-6-2-3-7-20(17)21/h2-3,6-9,11-12,21-22H,1,4-5,10,13-16H2,(H,27,31)(H,28,32). The zero-order valence-corrected chi connectivity index (χ0v) is 19.8. The molecule has 0 radical (unpaired) electrons. The number of nitrogens with zero attached hydrogens (tertiary/aromatic N) is 2. The van der Waals surface area contributed by atoms with Crippen molar-refractivity contribution in [3.63, 3.8) is 0 Å². The average molecular weight is 477 g/mol. The number of carbonyl (C=O) groups is 3. The third-order valence-electron chi connectivity index (χ3n) is 6.60. The van der Waals surface area contributed by atoms with Crippen LogP contribution in [0.4, 0.5) is 5.69 Å². The zero-order chi connectivity index (χ0) is 23.5. The fourth-order valence-corrected chi connectivity index (χ4v) is 5.88. The first-order valence-corrected chi connectivity index (χ1v) is 12.8. The van der Waals surface area contributed by atoms with Crippen LogP contribution in [0.2, 0.25) is 0 Å². The molecule has 8 heteroatoms. The van der Waals surface area contributed by atoms with Gasteiger partial charge in [0.15, 0.2) is 5.17 Å². The van der Waals surface area contributed by atoms with Gasteiger partial charge >= 0.3 is 0 Å². The van der Waals surface area contributed by atoms with Crippen LogP contribution in [-0.4, -0.2) is 46.1 Å². The second kappa shape index (κ2) is 10.0. The number of fused-ring (bicyclic) bond motifs is 1. The van der Waals surface area contributed by atoms with Gasteiger partial charge in [-0.3, -0.25) is 14.4 Å². The molecule has 2 aromatic carbocycles. The highest BCUT2D eigenvalue weighted by Gasteiger charge is 2.33. The van der Waals surface area contributed by atoms with Crippen LogP contribution in [0.3, 0.4) is 0 Å². The van der Waals surface area contributed by atoms with Crippen LogP contribution in [0.5, 0.6) is 0 Å². The van der Waals surface area contributed by atoms with E-state index in [1.54, 1.807) is 24.3 Å². The minimum Gasteiger partial charge on any atom is -0.351 e. The first-order valence-electron chi connectivity index (χ1n) is 11.9. The first-order chi connectivity index (χ1) is 16.6. The number of hydrogen-bond donors (Lipinski definition) is 2. The lowest BCUT2D eigenvalue weighted by molar-refractivity contribution is -0.121. The van der Waals surface area contributed by atoms with E-state index >= 15 is 0 Å². The third kappa shape index (κ3) is 5.01. The zero-order valence-electron chi connectivity index (χ0n) is 19.0. The minimum atomic E-state index is -0.476. The maximum Gasteiger partial charge on any atom is 0.262 e. The molecule has 7 nitrogen and oxygen atoms in total. The van der Waals surface area contributed by atoms with Crippen LogP contribution in [0.1, 0.15) is 59.6 Å². The molecule has 2 aromatic rings. The normalized spacial score (nSPS) is 21.7. The lowest BCUT2D eigenvalue weighted by atomic mass is 10.1. The molecule has 2 N–H and O–H groups in total. The van der Waals surface area contributed by atoms with Crippen molar-refractivity contribution < 1.29 is 14.4 Å². The maximum absolute atomic E-state index is 12.7. The minimum absolute atomic E-state index is 0.0292. The molecule has 1 aliphatic carbocycles. The molecule has 34 heavy (non-hydrogen) atoms. The van der Waals surface area contributed by atoms with E-state index in [0.29, 0.717) is 11.3 Å². The maximum atomic E-state index is 12.7. The lowest BCUT2D eigenvalue weighted by Crippen LogP contribution is -2.33. The van der Waals surface area contributed by atoms with E-state index in [-0.39, 0.29) is 30.2 Å². The second-order valence-electron chi connectivity index (χ2n) is 8.98. The molecule has 0 aromatic heterocycles. The van der Waals surface area contributed by atoms with Crippen LogP contribution in [0.15, 0.2) is 53.5 Å². The number of benzene rings is 2. The number of amidine groups is 1. The number of amides is 3. The number of aliphatic imine (C=N–C) groups is 1. The van der Waals surface area contributed by atoms with Crippen molar-refractivity contribution in [3.8, 4) is 0 Å². The van der Waals surface area contributed by atoms with Gasteiger partial charge in [-0.25, -0.2) is 0 Å². The molecule has 1 fully saturated rings. The van der Waals surface area contributed by atoms with Gasteiger partial charge in [0, 0.05) is 30.8 Å². The summed E-state index contributed by atoms with van der Waals surface area (Å²) in [6.07, 6.45) is 5.39. The van der Waals surface area contributed by atoms with Gasteiger partial charge < -0.3 is 15.5 Å². The van der Waals surface area contributed by atoms with Gasteiger partial charge in [0.25, 0.3) is 11.8 Å². The van der Waals surface area contributed by atoms with Crippen molar-refractivity contribution in [2.45, 2.75) is 49.8 Å².